The molecule has 0 atom stereocenters. The zero-order chi connectivity index (χ0) is 10.7. The largest absolute Gasteiger partial charge is 0.377 e. The fraction of sp³-hybridized carbons (Fsp3) is 0.182. The van der Waals surface area contributed by atoms with Crippen LogP contribution in [0.25, 0.3) is 5.70 Å². The monoisotopic (exact) mass is 208 g/mol. The summed E-state index contributed by atoms with van der Waals surface area (Å²) in [6.07, 6.45) is 0.717. The highest BCUT2D eigenvalue weighted by atomic mass is 35.5. The molecular weight excluding hydrogens is 198 g/mol. The summed E-state index contributed by atoms with van der Waals surface area (Å²) >= 11 is 5.99. The lowest BCUT2D eigenvalue weighted by atomic mass is 10.1. The van der Waals surface area contributed by atoms with E-state index in [1.807, 2.05) is 14.1 Å². The maximum atomic E-state index is 10.6. The van der Waals surface area contributed by atoms with Crippen molar-refractivity contribution in [3.63, 3.8) is 0 Å². The quantitative estimate of drug-likeness (QED) is 0.712. The molecule has 1 rings (SSSR count). The normalized spacial score (nSPS) is 9.64. The van der Waals surface area contributed by atoms with Gasteiger partial charge in [-0.05, 0) is 6.58 Å². The van der Waals surface area contributed by atoms with Crippen molar-refractivity contribution in [1.82, 2.24) is 4.90 Å². The van der Waals surface area contributed by atoms with Crippen LogP contribution in [0.15, 0.2) is 18.2 Å². The van der Waals surface area contributed by atoms with Crippen LogP contribution in [0.2, 0.25) is 5.02 Å². The summed E-state index contributed by atoms with van der Waals surface area (Å²) in [5.41, 5.74) is 1.67. The Morgan fingerprint density at radius 3 is 2.64 bits per heavy atom. The lowest BCUT2D eigenvalue weighted by Gasteiger charge is -2.17. The Bertz CT molecular complexity index is 372. The van der Waals surface area contributed by atoms with E-state index >= 15 is 0 Å². The zero-order valence-electron chi connectivity index (χ0n) is 8.12. The molecule has 0 amide bonds. The van der Waals surface area contributed by atoms with Gasteiger partial charge in [-0.1, -0.05) is 29.8 Å². The first-order valence-electron chi connectivity index (χ1n) is 4.11. The van der Waals surface area contributed by atoms with Crippen LogP contribution in [0.5, 0.6) is 0 Å². The van der Waals surface area contributed by atoms with Gasteiger partial charge >= 0.3 is 0 Å². The van der Waals surface area contributed by atoms with Gasteiger partial charge in [0.1, 0.15) is 0 Å². The van der Waals surface area contributed by atoms with Gasteiger partial charge < -0.3 is 4.90 Å². The van der Waals surface area contributed by atoms with Gasteiger partial charge in [-0.2, -0.15) is 0 Å². The van der Waals surface area contributed by atoms with Crippen molar-refractivity contribution in [2.75, 3.05) is 14.1 Å². The zero-order valence-corrected chi connectivity index (χ0v) is 8.88. The molecule has 0 N–H and O–H groups in total. The molecule has 1 aromatic rings. The van der Waals surface area contributed by atoms with Crippen molar-refractivity contribution in [1.29, 1.82) is 0 Å². The fourth-order valence-electron chi connectivity index (χ4n) is 1.08. The average Bonchev–Trinajstić information content (AvgIpc) is 2.17. The molecule has 73 valence electrons. The second-order valence-corrected chi connectivity index (χ2v) is 3.48. The predicted octanol–water partition coefficient (Wildman–Crippen LogP) is 2.49. The van der Waals surface area contributed by atoms with Crippen LogP contribution in [-0.4, -0.2) is 25.3 Å². The SMILES string of the molecule is [CH]=C(c1cccc(C=O)c1Cl)N(C)C. The van der Waals surface area contributed by atoms with E-state index in [1.165, 1.54) is 0 Å². The molecule has 0 fully saturated rings. The summed E-state index contributed by atoms with van der Waals surface area (Å²) in [4.78, 5) is 12.4. The minimum Gasteiger partial charge on any atom is -0.377 e. The van der Waals surface area contributed by atoms with Gasteiger partial charge in [0.25, 0.3) is 0 Å². The first kappa shape index (κ1) is 10.8. The second-order valence-electron chi connectivity index (χ2n) is 3.11. The number of carbonyl (C=O) groups excluding carboxylic acids is 1. The van der Waals surface area contributed by atoms with Crippen molar-refractivity contribution >= 4 is 23.6 Å². The Kier molecular flexibility index (Phi) is 3.31. The van der Waals surface area contributed by atoms with Crippen molar-refractivity contribution in [2.45, 2.75) is 0 Å². The van der Waals surface area contributed by atoms with Crippen molar-refractivity contribution in [3.8, 4) is 0 Å². The third kappa shape index (κ3) is 1.96. The number of hydrogen-bond donors (Lipinski definition) is 0. The number of aldehydes is 1. The Labute approximate surface area is 88.8 Å². The van der Waals surface area contributed by atoms with Gasteiger partial charge in [0.15, 0.2) is 6.29 Å². The molecule has 2 nitrogen and oxygen atoms in total. The topological polar surface area (TPSA) is 20.3 Å². The van der Waals surface area contributed by atoms with Crippen LogP contribution in [0.1, 0.15) is 15.9 Å². The first-order valence-corrected chi connectivity index (χ1v) is 4.49. The number of carbonyl (C=O) groups is 1. The maximum absolute atomic E-state index is 10.6. The Balaban J connectivity index is 3.22. The molecule has 1 aromatic carbocycles. The summed E-state index contributed by atoms with van der Waals surface area (Å²) in [5.74, 6) is 0. The molecule has 0 aliphatic carbocycles. The average molecular weight is 209 g/mol. The van der Waals surface area contributed by atoms with E-state index in [0.717, 1.165) is 6.29 Å². The second kappa shape index (κ2) is 4.29. The van der Waals surface area contributed by atoms with Crippen LogP contribution < -0.4 is 0 Å². The van der Waals surface area contributed by atoms with Crippen LogP contribution in [-0.2, 0) is 0 Å². The molecule has 14 heavy (non-hydrogen) atoms. The molecule has 0 saturated heterocycles. The Morgan fingerprint density at radius 2 is 2.14 bits per heavy atom. The molecule has 0 heterocycles. The van der Waals surface area contributed by atoms with Crippen molar-refractivity contribution < 1.29 is 4.79 Å². The van der Waals surface area contributed by atoms with Crippen LogP contribution in [0, 0.1) is 6.58 Å². The predicted molar refractivity (Wildman–Crippen MR) is 58.2 cm³/mol. The van der Waals surface area contributed by atoms with Gasteiger partial charge in [-0.25, -0.2) is 0 Å². The van der Waals surface area contributed by atoms with Gasteiger partial charge in [0.2, 0.25) is 0 Å². The fourth-order valence-corrected chi connectivity index (χ4v) is 1.35. The lowest BCUT2D eigenvalue weighted by Crippen LogP contribution is -2.09. The van der Waals surface area contributed by atoms with E-state index in [-0.39, 0.29) is 0 Å². The van der Waals surface area contributed by atoms with Gasteiger partial charge in [-0.3, -0.25) is 4.79 Å². The molecule has 0 unspecified atom stereocenters. The van der Waals surface area contributed by atoms with E-state index in [0.29, 0.717) is 21.8 Å². The molecular formula is C11H11ClNO. The third-order valence-corrected chi connectivity index (χ3v) is 2.34. The summed E-state index contributed by atoms with van der Waals surface area (Å²) in [5, 5.41) is 0.397. The van der Waals surface area contributed by atoms with E-state index in [2.05, 4.69) is 0 Å². The van der Waals surface area contributed by atoms with Gasteiger partial charge in [-0.15, -0.1) is 0 Å². The molecule has 0 aliphatic rings. The maximum Gasteiger partial charge on any atom is 0.151 e. The summed E-state index contributed by atoms with van der Waals surface area (Å²) in [6.45, 7) is 5.80. The number of halogens is 1. The molecule has 0 bridgehead atoms. The number of nitrogens with zero attached hydrogens (tertiary/aromatic N) is 1. The van der Waals surface area contributed by atoms with Crippen LogP contribution in [0.3, 0.4) is 0 Å². The van der Waals surface area contributed by atoms with E-state index in [1.54, 1.807) is 23.1 Å². The highest BCUT2D eigenvalue weighted by Crippen LogP contribution is 2.26. The van der Waals surface area contributed by atoms with E-state index in [9.17, 15) is 4.79 Å². The Hall–Kier alpha value is -1.28. The smallest absolute Gasteiger partial charge is 0.151 e. The number of hydrogen-bond acceptors (Lipinski definition) is 2. The standard InChI is InChI=1S/C11H11ClNO/c1-8(13(2)3)10-6-4-5-9(7-14)11(10)12/h1,4-7H,2-3H3. The van der Waals surface area contributed by atoms with Gasteiger partial charge in [0, 0.05) is 30.9 Å². The van der Waals surface area contributed by atoms with Crippen LogP contribution in [0.4, 0.5) is 0 Å². The van der Waals surface area contributed by atoms with E-state index < -0.39 is 0 Å². The van der Waals surface area contributed by atoms with Crippen molar-refractivity contribution in [3.05, 3.63) is 40.9 Å². The van der Waals surface area contributed by atoms with Crippen molar-refractivity contribution in [2.24, 2.45) is 0 Å². The van der Waals surface area contributed by atoms with E-state index in [4.69, 9.17) is 18.2 Å². The summed E-state index contributed by atoms with van der Waals surface area (Å²) < 4.78 is 0. The lowest BCUT2D eigenvalue weighted by molar-refractivity contribution is 0.112. The molecule has 1 radical (unpaired) electrons. The van der Waals surface area contributed by atoms with Crippen LogP contribution >= 0.6 is 11.6 Å². The number of rotatable bonds is 3. The Morgan fingerprint density at radius 1 is 1.50 bits per heavy atom. The highest BCUT2D eigenvalue weighted by molar-refractivity contribution is 6.34. The molecule has 0 aliphatic heterocycles. The third-order valence-electron chi connectivity index (χ3n) is 1.91. The highest BCUT2D eigenvalue weighted by Gasteiger charge is 2.09. The minimum atomic E-state index is 0.397. The summed E-state index contributed by atoms with van der Waals surface area (Å²) in [6, 6.07) is 5.19. The molecule has 0 saturated carbocycles. The molecule has 0 aromatic heterocycles. The number of benzene rings is 1. The first-order chi connectivity index (χ1) is 6.57. The minimum absolute atomic E-state index is 0.397. The molecule has 3 heteroatoms. The molecule has 0 spiro atoms. The van der Waals surface area contributed by atoms with Gasteiger partial charge in [0.05, 0.1) is 5.02 Å². The summed E-state index contributed by atoms with van der Waals surface area (Å²) in [7, 11) is 3.64.